The summed E-state index contributed by atoms with van der Waals surface area (Å²) in [6, 6.07) is -5.72. The molecule has 0 saturated carbocycles. The predicted octanol–water partition coefficient (Wildman–Crippen LogP) is -8.78. The fourth-order valence-electron chi connectivity index (χ4n) is 11.2. The zero-order valence-electron chi connectivity index (χ0n) is 65.2. The second kappa shape index (κ2) is 61.2. The Morgan fingerprint density at radius 3 is 1.02 bits per heavy atom. The van der Waals surface area contributed by atoms with Crippen LogP contribution in [-0.2, 0) is 123 Å². The van der Waals surface area contributed by atoms with Crippen LogP contribution in [0.5, 0.6) is 0 Å². The third-order valence-electron chi connectivity index (χ3n) is 17.3. The molecule has 0 spiro atoms. The van der Waals surface area contributed by atoms with Gasteiger partial charge in [0.05, 0.1) is 145 Å². The largest absolute Gasteiger partial charge is 0.471 e. The molecular formula is C68H125N8O37P. The number of hydrogen-bond acceptors (Lipinski definition) is 36. The lowest BCUT2D eigenvalue weighted by molar-refractivity contribution is -0.272. The summed E-state index contributed by atoms with van der Waals surface area (Å²) in [4.78, 5) is 112. The van der Waals surface area contributed by atoms with Crippen LogP contribution in [0.1, 0.15) is 78.6 Å². The molecule has 3 fully saturated rings. The first-order valence-electron chi connectivity index (χ1n) is 38.0. The molecule has 8 amide bonds. The monoisotopic (exact) mass is 1680 g/mol. The Balaban J connectivity index is 1.52. The van der Waals surface area contributed by atoms with Crippen molar-refractivity contribution in [3.8, 4) is 0 Å². The Bertz CT molecular complexity index is 2720. The first kappa shape index (κ1) is 103. The van der Waals surface area contributed by atoms with Crippen molar-refractivity contribution in [1.82, 2.24) is 42.5 Å². The fraction of sp³-hybridized carbons (Fsp3) is 0.882. The van der Waals surface area contributed by atoms with E-state index in [0.29, 0.717) is 38.5 Å². The highest BCUT2D eigenvalue weighted by Gasteiger charge is 2.48. The molecule has 46 heteroatoms. The quantitative estimate of drug-likeness (QED) is 0.0199. The molecule has 664 valence electrons. The van der Waals surface area contributed by atoms with Gasteiger partial charge in [-0.3, -0.25) is 47.4 Å². The van der Waals surface area contributed by atoms with Crippen molar-refractivity contribution in [3.05, 3.63) is 0 Å². The molecule has 0 bridgehead atoms. The van der Waals surface area contributed by atoms with E-state index in [1.165, 1.54) is 20.8 Å². The summed E-state index contributed by atoms with van der Waals surface area (Å²) in [5.74, 6) is -4.93. The molecule has 0 aliphatic carbocycles. The number of carbonyl (C=O) groups excluding carboxylic acids is 8. The van der Waals surface area contributed by atoms with Crippen LogP contribution in [0.2, 0.25) is 0 Å². The van der Waals surface area contributed by atoms with Gasteiger partial charge in [0, 0.05) is 60.0 Å². The normalized spacial score (nSPS) is 25.0. The number of rotatable bonds is 66. The first-order valence-corrected chi connectivity index (χ1v) is 39.5. The number of ether oxygens (including phenoxy) is 15. The molecule has 3 aliphatic heterocycles. The molecule has 3 saturated heterocycles. The maximum atomic E-state index is 14.3. The molecule has 0 radical (unpaired) electrons. The third-order valence-corrected chi connectivity index (χ3v) is 18.2. The van der Waals surface area contributed by atoms with E-state index in [1.807, 2.05) is 0 Å². The molecule has 3 rings (SSSR count). The zero-order chi connectivity index (χ0) is 84.1. The van der Waals surface area contributed by atoms with Crippen molar-refractivity contribution in [1.29, 1.82) is 0 Å². The lowest BCUT2D eigenvalue weighted by Gasteiger charge is -2.42. The Labute approximate surface area is 661 Å². The number of nitrogens with one attached hydrogen (secondary N) is 8. The highest BCUT2D eigenvalue weighted by atomic mass is 31.2. The van der Waals surface area contributed by atoms with E-state index in [0.717, 1.165) is 7.11 Å². The second-order valence-corrected chi connectivity index (χ2v) is 28.0. The van der Waals surface area contributed by atoms with E-state index in [-0.39, 0.29) is 184 Å². The van der Waals surface area contributed by atoms with Crippen LogP contribution >= 0.6 is 7.82 Å². The van der Waals surface area contributed by atoms with E-state index in [1.54, 1.807) is 0 Å². The van der Waals surface area contributed by atoms with Gasteiger partial charge < -0.3 is 170 Å². The summed E-state index contributed by atoms with van der Waals surface area (Å²) in [6.07, 6.45) is -13.3. The van der Waals surface area contributed by atoms with Gasteiger partial charge in [0.1, 0.15) is 105 Å². The van der Waals surface area contributed by atoms with Gasteiger partial charge in [-0.2, -0.15) is 0 Å². The Kier molecular flexibility index (Phi) is 55.3. The van der Waals surface area contributed by atoms with Crippen LogP contribution in [0.25, 0.3) is 0 Å². The highest BCUT2D eigenvalue weighted by molar-refractivity contribution is 7.47. The number of phosphoric ester groups is 1. The zero-order valence-corrected chi connectivity index (χ0v) is 66.1. The van der Waals surface area contributed by atoms with Crippen molar-refractivity contribution in [2.45, 2.75) is 183 Å². The molecule has 114 heavy (non-hydrogen) atoms. The number of aliphatic hydroxyl groups excluding tert-OH is 10. The van der Waals surface area contributed by atoms with Gasteiger partial charge in [-0.05, 0) is 51.4 Å². The minimum atomic E-state index is -4.30. The van der Waals surface area contributed by atoms with E-state index in [9.17, 15) is 98.9 Å². The third kappa shape index (κ3) is 43.5. The van der Waals surface area contributed by atoms with Gasteiger partial charge in [-0.25, -0.2) is 4.57 Å². The second-order valence-electron chi connectivity index (χ2n) is 26.4. The Morgan fingerprint density at radius 2 is 0.693 bits per heavy atom. The van der Waals surface area contributed by atoms with E-state index < -0.39 is 191 Å². The van der Waals surface area contributed by atoms with E-state index in [4.69, 9.17) is 75.6 Å². The molecule has 19 N–H and O–H groups in total. The van der Waals surface area contributed by atoms with Crippen molar-refractivity contribution >= 4 is 55.1 Å². The Hall–Kier alpha value is -5.13. The summed E-state index contributed by atoms with van der Waals surface area (Å²) < 4.78 is 104. The predicted molar refractivity (Wildman–Crippen MR) is 389 cm³/mol. The number of unbranched alkanes of at least 4 members (excludes halogenated alkanes) is 3. The fourth-order valence-corrected chi connectivity index (χ4v) is 11.7. The van der Waals surface area contributed by atoms with Crippen LogP contribution in [0, 0.1) is 5.92 Å². The maximum Gasteiger partial charge on any atom is 0.471 e. The van der Waals surface area contributed by atoms with Gasteiger partial charge in [-0.15, -0.1) is 0 Å². The van der Waals surface area contributed by atoms with Crippen molar-refractivity contribution < 1.29 is 179 Å². The lowest BCUT2D eigenvalue weighted by Crippen LogP contribution is -2.64. The highest BCUT2D eigenvalue weighted by Crippen LogP contribution is 2.42. The van der Waals surface area contributed by atoms with Gasteiger partial charge in [0.15, 0.2) is 18.9 Å². The van der Waals surface area contributed by atoms with Gasteiger partial charge in [0.25, 0.3) is 0 Å². The van der Waals surface area contributed by atoms with Gasteiger partial charge in [-0.1, -0.05) is 6.42 Å². The minimum Gasteiger partial charge on any atom is -0.396 e. The lowest BCUT2D eigenvalue weighted by atomic mass is 9.97. The molecule has 3 aliphatic rings. The summed E-state index contributed by atoms with van der Waals surface area (Å²) in [5.41, 5.74) is 0. The number of hydrogen-bond donors (Lipinski definition) is 19. The number of carbonyl (C=O) groups is 8. The molecule has 0 aromatic rings. The van der Waals surface area contributed by atoms with Crippen molar-refractivity contribution in [2.75, 3.05) is 199 Å². The standard InChI is InChI=1S/C68H125N8O37P/c1-43(81)72-55-61(90)58(87)49(36-78)111-66(55)107-32-29-101-20-17-98-23-26-104-40-52(84)69-14-9-6-12-47(64(93)71-16-8-5-11-46(35-77)39-110-114(95,96)97-4)76-65(94)48(75-54(86)42-106-28-25-100-19-22-103-31-34-109-68-57(74-45(3)83)63(92)60(89)51(38-80)113-68)13-7-10-15-70-53(85)41-105-27-24-99-18-21-102-30-33-108-67-56(73-44(2)82)62(91)59(88)50(37-79)112-67/h46-51,55-63,66-68,77-80,87-92H,5-42H2,1-4H3,(H,69,84)(H,70,85)(H,71,93)(H,72,81)(H,73,82)(H,74,83)(H,75,86)(H,76,94)(H,95,96)/t46?,47-,48-,49?,50?,51?,55?,56?,57?,58?,59?,60?,61?,62?,63?,66?,67?,68?/m0/s1. The smallest absolute Gasteiger partial charge is 0.396 e. The molecule has 3 heterocycles. The van der Waals surface area contributed by atoms with Crippen LogP contribution < -0.4 is 42.5 Å². The topological polar surface area (TPSA) is 629 Å². The van der Waals surface area contributed by atoms with Gasteiger partial charge in [0.2, 0.25) is 47.3 Å². The minimum absolute atomic E-state index is 0.0202. The average Bonchev–Trinajstić information content (AvgIpc) is 0.818. The molecule has 0 aromatic heterocycles. The summed E-state index contributed by atoms with van der Waals surface area (Å²) in [6.45, 7) is 1.61. The van der Waals surface area contributed by atoms with E-state index >= 15 is 0 Å². The molecule has 0 aromatic carbocycles. The summed E-state index contributed by atoms with van der Waals surface area (Å²) in [5, 5.41) is 122. The van der Waals surface area contributed by atoms with Crippen LogP contribution in [0.4, 0.5) is 0 Å². The van der Waals surface area contributed by atoms with Crippen LogP contribution in [-0.4, -0.2) is 406 Å². The van der Waals surface area contributed by atoms with Gasteiger partial charge >= 0.3 is 7.82 Å². The molecule has 45 nitrogen and oxygen atoms in total. The number of phosphoric acid groups is 1. The average molecular weight is 1680 g/mol. The molecular weight excluding hydrogens is 1550 g/mol. The van der Waals surface area contributed by atoms with Crippen molar-refractivity contribution in [2.24, 2.45) is 5.92 Å². The number of aliphatic hydroxyl groups is 10. The molecule has 17 unspecified atom stereocenters. The van der Waals surface area contributed by atoms with E-state index in [2.05, 4.69) is 47.1 Å². The maximum absolute atomic E-state index is 14.3. The molecule has 19 atom stereocenters. The van der Waals surface area contributed by atoms with Crippen LogP contribution in [0.3, 0.4) is 0 Å². The summed E-state index contributed by atoms with van der Waals surface area (Å²) in [7, 11) is -3.29. The summed E-state index contributed by atoms with van der Waals surface area (Å²) >= 11 is 0. The first-order chi connectivity index (χ1) is 54.7. The SMILES string of the molecule is COP(=O)(O)OCC(CO)CCCCNC(=O)[C@H](CCCCNC(=O)COCCOCCOCCOC1OC(CO)C(O)C(O)C1NC(C)=O)NC(=O)[C@H](CCCCNC(=O)COCCOCCOCCOC1OC(CO)C(O)C(O)C1NC(C)=O)NC(=O)COCCOCCOCCOC1OC(CO)C(O)C(O)C1NC(C)=O. The van der Waals surface area contributed by atoms with Crippen molar-refractivity contribution in [3.63, 3.8) is 0 Å². The Morgan fingerprint density at radius 1 is 0.386 bits per heavy atom. The van der Waals surface area contributed by atoms with Crippen LogP contribution in [0.15, 0.2) is 0 Å². The number of amides is 8.